The normalized spacial score (nSPS) is 20.8. The van der Waals surface area contributed by atoms with Crippen molar-refractivity contribution in [3.63, 3.8) is 0 Å². The van der Waals surface area contributed by atoms with Gasteiger partial charge in [-0.05, 0) is 38.3 Å². The van der Waals surface area contributed by atoms with Crippen molar-refractivity contribution in [3.8, 4) is 0 Å². The van der Waals surface area contributed by atoms with Crippen LogP contribution in [-0.2, 0) is 9.53 Å². The summed E-state index contributed by atoms with van der Waals surface area (Å²) >= 11 is 0. The molecule has 1 aliphatic heterocycles. The van der Waals surface area contributed by atoms with Crippen LogP contribution in [0.5, 0.6) is 0 Å². The van der Waals surface area contributed by atoms with Gasteiger partial charge in [0.25, 0.3) is 5.69 Å². The molecule has 1 atom stereocenters. The minimum atomic E-state index is -0.508. The Morgan fingerprint density at radius 1 is 1.48 bits per heavy atom. The molecular weight excluding hydrogens is 296 g/mol. The highest BCUT2D eigenvalue weighted by Gasteiger charge is 2.48. The van der Waals surface area contributed by atoms with Crippen LogP contribution in [0.1, 0.15) is 32.8 Å². The van der Waals surface area contributed by atoms with E-state index in [0.29, 0.717) is 18.7 Å². The highest BCUT2D eigenvalue weighted by Crippen LogP contribution is 2.41. The zero-order chi connectivity index (χ0) is 17.2. The third-order valence-electron chi connectivity index (χ3n) is 4.83. The van der Waals surface area contributed by atoms with E-state index in [2.05, 4.69) is 4.90 Å². The number of nitro benzene ring substituents is 1. The van der Waals surface area contributed by atoms with E-state index in [0.717, 1.165) is 18.7 Å². The molecule has 0 amide bonds. The van der Waals surface area contributed by atoms with Crippen LogP contribution in [0.25, 0.3) is 0 Å². The first-order chi connectivity index (χ1) is 10.8. The van der Waals surface area contributed by atoms with Crippen LogP contribution in [0.15, 0.2) is 18.2 Å². The number of esters is 1. The van der Waals surface area contributed by atoms with E-state index in [4.69, 9.17) is 4.74 Å². The molecule has 0 spiro atoms. The Kier molecular flexibility index (Phi) is 4.92. The summed E-state index contributed by atoms with van der Waals surface area (Å²) in [4.78, 5) is 25.1. The number of anilines is 1. The number of aryl methyl sites for hydroxylation is 1. The fourth-order valence-corrected chi connectivity index (χ4v) is 3.24. The lowest BCUT2D eigenvalue weighted by Gasteiger charge is -2.31. The van der Waals surface area contributed by atoms with Crippen molar-refractivity contribution in [3.05, 3.63) is 33.9 Å². The molecule has 1 unspecified atom stereocenters. The van der Waals surface area contributed by atoms with Gasteiger partial charge in [0, 0.05) is 30.4 Å². The maximum Gasteiger partial charge on any atom is 0.314 e. The van der Waals surface area contributed by atoms with Gasteiger partial charge in [-0.1, -0.05) is 13.8 Å². The smallest absolute Gasteiger partial charge is 0.314 e. The molecule has 0 N–H and O–H groups in total. The number of nitro groups is 1. The van der Waals surface area contributed by atoms with Gasteiger partial charge in [0.15, 0.2) is 0 Å². The van der Waals surface area contributed by atoms with Crippen molar-refractivity contribution in [2.24, 2.45) is 11.3 Å². The lowest BCUT2D eigenvalue weighted by atomic mass is 9.76. The zero-order valence-electron chi connectivity index (χ0n) is 14.2. The molecular formula is C17H24N2O4. The van der Waals surface area contributed by atoms with Gasteiger partial charge < -0.3 is 9.64 Å². The Morgan fingerprint density at radius 2 is 2.17 bits per heavy atom. The third kappa shape index (κ3) is 3.16. The lowest BCUT2D eigenvalue weighted by molar-refractivity contribution is -0.385. The second kappa shape index (κ2) is 6.56. The van der Waals surface area contributed by atoms with Gasteiger partial charge in [-0.15, -0.1) is 0 Å². The van der Waals surface area contributed by atoms with E-state index in [1.165, 1.54) is 6.07 Å². The van der Waals surface area contributed by atoms with Crippen molar-refractivity contribution in [1.29, 1.82) is 0 Å². The molecule has 1 aliphatic rings. The Balaban J connectivity index is 2.25. The lowest BCUT2D eigenvalue weighted by Crippen LogP contribution is -2.40. The standard InChI is InChI=1S/C17H24N2O4/c1-5-23-16(20)17(12(2)3)8-9-18(11-17)14-6-7-15(19(21)22)13(4)10-14/h6-7,10,12H,5,8-9,11H2,1-4H3. The number of hydrogen-bond donors (Lipinski definition) is 0. The van der Waals surface area contributed by atoms with Crippen molar-refractivity contribution in [2.45, 2.75) is 34.1 Å². The summed E-state index contributed by atoms with van der Waals surface area (Å²) in [6, 6.07) is 5.11. The van der Waals surface area contributed by atoms with E-state index >= 15 is 0 Å². The molecule has 0 aliphatic carbocycles. The molecule has 0 bridgehead atoms. The molecule has 1 saturated heterocycles. The van der Waals surface area contributed by atoms with E-state index in [1.54, 1.807) is 13.0 Å². The number of hydrogen-bond acceptors (Lipinski definition) is 5. The summed E-state index contributed by atoms with van der Waals surface area (Å²) in [5, 5.41) is 10.9. The third-order valence-corrected chi connectivity index (χ3v) is 4.83. The van der Waals surface area contributed by atoms with Crippen LogP contribution in [-0.4, -0.2) is 30.6 Å². The van der Waals surface area contributed by atoms with Gasteiger partial charge in [0.2, 0.25) is 0 Å². The first-order valence-electron chi connectivity index (χ1n) is 7.99. The van der Waals surface area contributed by atoms with Crippen molar-refractivity contribution in [2.75, 3.05) is 24.6 Å². The highest BCUT2D eigenvalue weighted by atomic mass is 16.6. The van der Waals surface area contributed by atoms with Crippen molar-refractivity contribution >= 4 is 17.3 Å². The Labute approximate surface area is 136 Å². The fraction of sp³-hybridized carbons (Fsp3) is 0.588. The van der Waals surface area contributed by atoms with Gasteiger partial charge in [-0.2, -0.15) is 0 Å². The van der Waals surface area contributed by atoms with Crippen LogP contribution in [0, 0.1) is 28.4 Å². The number of carbonyl (C=O) groups excluding carboxylic acids is 1. The van der Waals surface area contributed by atoms with Crippen LogP contribution < -0.4 is 4.90 Å². The Morgan fingerprint density at radius 3 is 2.70 bits per heavy atom. The largest absolute Gasteiger partial charge is 0.466 e. The van der Waals surface area contributed by atoms with E-state index in [9.17, 15) is 14.9 Å². The molecule has 2 rings (SSSR count). The van der Waals surface area contributed by atoms with Crippen molar-refractivity contribution < 1.29 is 14.5 Å². The van der Waals surface area contributed by atoms with Crippen LogP contribution in [0.4, 0.5) is 11.4 Å². The van der Waals surface area contributed by atoms with Gasteiger partial charge >= 0.3 is 5.97 Å². The Bertz CT molecular complexity index is 615. The number of rotatable bonds is 5. The predicted octanol–water partition coefficient (Wildman–Crippen LogP) is 3.32. The quantitative estimate of drug-likeness (QED) is 0.473. The molecule has 1 aromatic carbocycles. The zero-order valence-corrected chi connectivity index (χ0v) is 14.2. The average Bonchev–Trinajstić information content (AvgIpc) is 2.93. The molecule has 1 fully saturated rings. The van der Waals surface area contributed by atoms with E-state index < -0.39 is 5.41 Å². The highest BCUT2D eigenvalue weighted by molar-refractivity contribution is 5.79. The SMILES string of the molecule is CCOC(=O)C1(C(C)C)CCN(c2ccc([N+](=O)[O-])c(C)c2)C1. The van der Waals surface area contributed by atoms with Gasteiger partial charge in [0.05, 0.1) is 16.9 Å². The summed E-state index contributed by atoms with van der Waals surface area (Å²) < 4.78 is 5.29. The average molecular weight is 320 g/mol. The minimum Gasteiger partial charge on any atom is -0.466 e. The van der Waals surface area contributed by atoms with Crippen LogP contribution in [0.2, 0.25) is 0 Å². The number of benzene rings is 1. The molecule has 0 radical (unpaired) electrons. The number of ether oxygens (including phenoxy) is 1. The molecule has 1 aromatic rings. The first kappa shape index (κ1) is 17.2. The molecule has 0 aromatic heterocycles. The molecule has 1 heterocycles. The molecule has 126 valence electrons. The maximum atomic E-state index is 12.5. The Hall–Kier alpha value is -2.11. The van der Waals surface area contributed by atoms with Crippen LogP contribution >= 0.6 is 0 Å². The van der Waals surface area contributed by atoms with Crippen molar-refractivity contribution in [1.82, 2.24) is 0 Å². The van der Waals surface area contributed by atoms with Gasteiger partial charge in [-0.25, -0.2) is 0 Å². The summed E-state index contributed by atoms with van der Waals surface area (Å²) in [6.07, 6.45) is 0.736. The van der Waals surface area contributed by atoms with Crippen LogP contribution in [0.3, 0.4) is 0 Å². The molecule has 6 nitrogen and oxygen atoms in total. The second-order valence-electron chi connectivity index (χ2n) is 6.43. The maximum absolute atomic E-state index is 12.5. The summed E-state index contributed by atoms with van der Waals surface area (Å²) in [5.74, 6) is 0.0295. The number of nitrogens with zero attached hydrogens (tertiary/aromatic N) is 2. The fourth-order valence-electron chi connectivity index (χ4n) is 3.24. The summed E-state index contributed by atoms with van der Waals surface area (Å²) in [6.45, 7) is 9.35. The second-order valence-corrected chi connectivity index (χ2v) is 6.43. The minimum absolute atomic E-state index is 0.119. The topological polar surface area (TPSA) is 72.7 Å². The van der Waals surface area contributed by atoms with E-state index in [-0.39, 0.29) is 22.5 Å². The molecule has 23 heavy (non-hydrogen) atoms. The monoisotopic (exact) mass is 320 g/mol. The summed E-state index contributed by atoms with van der Waals surface area (Å²) in [5.41, 5.74) is 1.16. The molecule has 6 heteroatoms. The van der Waals surface area contributed by atoms with Gasteiger partial charge in [0.1, 0.15) is 0 Å². The number of carbonyl (C=O) groups is 1. The van der Waals surface area contributed by atoms with E-state index in [1.807, 2.05) is 26.8 Å². The van der Waals surface area contributed by atoms with Gasteiger partial charge in [-0.3, -0.25) is 14.9 Å². The predicted molar refractivity (Wildman–Crippen MR) is 88.6 cm³/mol. The molecule has 0 saturated carbocycles. The summed E-state index contributed by atoms with van der Waals surface area (Å²) in [7, 11) is 0. The first-order valence-corrected chi connectivity index (χ1v) is 7.99.